The van der Waals surface area contributed by atoms with Crippen LogP contribution >= 0.6 is 23.2 Å². The minimum absolute atomic E-state index is 0.104. The van der Waals surface area contributed by atoms with Gasteiger partial charge in [0.2, 0.25) is 0 Å². The predicted molar refractivity (Wildman–Crippen MR) is 72.5 cm³/mol. The summed E-state index contributed by atoms with van der Waals surface area (Å²) in [7, 11) is 0. The molecule has 0 saturated heterocycles. The van der Waals surface area contributed by atoms with Gasteiger partial charge in [-0.05, 0) is 36.4 Å². The molecular weight excluding hydrogens is 273 g/mol. The van der Waals surface area contributed by atoms with Crippen LogP contribution in [0, 0.1) is 0 Å². The van der Waals surface area contributed by atoms with E-state index in [1.165, 1.54) is 24.3 Å². The molecule has 0 spiro atoms. The fourth-order valence-electron chi connectivity index (χ4n) is 1.41. The van der Waals surface area contributed by atoms with Crippen molar-refractivity contribution in [3.63, 3.8) is 0 Å². The van der Waals surface area contributed by atoms with E-state index in [-0.39, 0.29) is 11.7 Å². The van der Waals surface area contributed by atoms with E-state index in [4.69, 9.17) is 28.3 Å². The Morgan fingerprint density at radius 1 is 1.06 bits per heavy atom. The molecule has 0 fully saturated rings. The summed E-state index contributed by atoms with van der Waals surface area (Å²) in [4.78, 5) is 11.9. The molecule has 0 aliphatic heterocycles. The maximum Gasteiger partial charge on any atom is 0.255 e. The summed E-state index contributed by atoms with van der Waals surface area (Å²) in [6.45, 7) is 0. The van der Waals surface area contributed by atoms with Crippen molar-refractivity contribution in [2.24, 2.45) is 0 Å². The average molecular weight is 282 g/mol. The molecule has 3 nitrogen and oxygen atoms in total. The van der Waals surface area contributed by atoms with E-state index in [1.807, 2.05) is 0 Å². The summed E-state index contributed by atoms with van der Waals surface area (Å²) < 4.78 is 0. The summed E-state index contributed by atoms with van der Waals surface area (Å²) in [5, 5.41) is 12.5. The van der Waals surface area contributed by atoms with Gasteiger partial charge < -0.3 is 10.4 Å². The molecule has 0 aliphatic rings. The maximum atomic E-state index is 11.9. The smallest absolute Gasteiger partial charge is 0.255 e. The van der Waals surface area contributed by atoms with Crippen LogP contribution in [-0.2, 0) is 0 Å². The van der Waals surface area contributed by atoms with Crippen LogP contribution in [0.2, 0.25) is 10.0 Å². The van der Waals surface area contributed by atoms with E-state index >= 15 is 0 Å². The van der Waals surface area contributed by atoms with E-state index in [1.54, 1.807) is 18.2 Å². The van der Waals surface area contributed by atoms with E-state index in [0.29, 0.717) is 21.3 Å². The first-order valence-corrected chi connectivity index (χ1v) is 5.88. The number of phenolic OH excluding ortho intramolecular Hbond substituents is 1. The minimum Gasteiger partial charge on any atom is -0.508 e. The third-order valence-electron chi connectivity index (χ3n) is 2.33. The fraction of sp³-hybridized carbons (Fsp3) is 0. The summed E-state index contributed by atoms with van der Waals surface area (Å²) in [5.74, 6) is -0.216. The van der Waals surface area contributed by atoms with E-state index in [9.17, 15) is 4.79 Å². The van der Waals surface area contributed by atoms with Crippen molar-refractivity contribution < 1.29 is 9.90 Å². The van der Waals surface area contributed by atoms with Crippen molar-refractivity contribution in [3.8, 4) is 5.75 Å². The molecule has 0 radical (unpaired) electrons. The van der Waals surface area contributed by atoms with Crippen LogP contribution in [0.4, 0.5) is 5.69 Å². The lowest BCUT2D eigenvalue weighted by Crippen LogP contribution is -2.11. The minimum atomic E-state index is -0.320. The van der Waals surface area contributed by atoms with Crippen LogP contribution in [0.1, 0.15) is 10.4 Å². The second-order valence-electron chi connectivity index (χ2n) is 3.60. The zero-order chi connectivity index (χ0) is 13.1. The zero-order valence-corrected chi connectivity index (χ0v) is 10.7. The molecular formula is C13H9Cl2NO2. The normalized spacial score (nSPS) is 10.1. The predicted octanol–water partition coefficient (Wildman–Crippen LogP) is 3.95. The SMILES string of the molecule is O=C(Nc1cccc(Cl)c1Cl)c1ccc(O)cc1. The van der Waals surface area contributed by atoms with Crippen molar-refractivity contribution >= 4 is 34.8 Å². The number of amides is 1. The Bertz CT molecular complexity index is 582. The highest BCUT2D eigenvalue weighted by Gasteiger charge is 2.09. The Morgan fingerprint density at radius 3 is 2.39 bits per heavy atom. The second-order valence-corrected chi connectivity index (χ2v) is 4.39. The third-order valence-corrected chi connectivity index (χ3v) is 3.15. The van der Waals surface area contributed by atoms with Crippen molar-refractivity contribution in [2.75, 3.05) is 5.32 Å². The van der Waals surface area contributed by atoms with Gasteiger partial charge in [-0.2, -0.15) is 0 Å². The van der Waals surface area contributed by atoms with Gasteiger partial charge in [-0.1, -0.05) is 29.3 Å². The summed E-state index contributed by atoms with van der Waals surface area (Å²) in [5.41, 5.74) is 0.867. The van der Waals surface area contributed by atoms with Gasteiger partial charge in [0.05, 0.1) is 15.7 Å². The number of nitrogens with one attached hydrogen (secondary N) is 1. The molecule has 1 amide bonds. The molecule has 0 bridgehead atoms. The fourth-order valence-corrected chi connectivity index (χ4v) is 1.76. The van der Waals surface area contributed by atoms with Crippen LogP contribution in [0.25, 0.3) is 0 Å². The molecule has 0 aromatic heterocycles. The van der Waals surface area contributed by atoms with Gasteiger partial charge in [0.1, 0.15) is 5.75 Å². The molecule has 2 aromatic carbocycles. The molecule has 0 atom stereocenters. The standard InChI is InChI=1S/C13H9Cl2NO2/c14-10-2-1-3-11(12(10)15)16-13(18)8-4-6-9(17)7-5-8/h1-7,17H,(H,16,18). The first-order chi connectivity index (χ1) is 8.58. The molecule has 92 valence electrons. The van der Waals surface area contributed by atoms with Crippen molar-refractivity contribution in [2.45, 2.75) is 0 Å². The van der Waals surface area contributed by atoms with Gasteiger partial charge in [0.15, 0.2) is 0 Å². The van der Waals surface area contributed by atoms with Gasteiger partial charge in [-0.15, -0.1) is 0 Å². The number of benzene rings is 2. The van der Waals surface area contributed by atoms with Crippen molar-refractivity contribution in [3.05, 3.63) is 58.1 Å². The molecule has 0 aliphatic carbocycles. The zero-order valence-electron chi connectivity index (χ0n) is 9.15. The molecule has 2 rings (SSSR count). The first kappa shape index (κ1) is 12.7. The number of anilines is 1. The maximum absolute atomic E-state index is 11.9. The van der Waals surface area contributed by atoms with E-state index in [0.717, 1.165) is 0 Å². The third kappa shape index (κ3) is 2.75. The van der Waals surface area contributed by atoms with Gasteiger partial charge in [-0.3, -0.25) is 4.79 Å². The summed E-state index contributed by atoms with van der Waals surface area (Å²) in [6, 6.07) is 10.9. The first-order valence-electron chi connectivity index (χ1n) is 5.12. The quantitative estimate of drug-likeness (QED) is 0.876. The van der Waals surface area contributed by atoms with Gasteiger partial charge >= 0.3 is 0 Å². The van der Waals surface area contributed by atoms with Crippen LogP contribution < -0.4 is 5.32 Å². The monoisotopic (exact) mass is 281 g/mol. The van der Waals surface area contributed by atoms with Crippen molar-refractivity contribution in [1.82, 2.24) is 0 Å². The van der Waals surface area contributed by atoms with E-state index in [2.05, 4.69) is 5.32 Å². The van der Waals surface area contributed by atoms with E-state index < -0.39 is 0 Å². The summed E-state index contributed by atoms with van der Waals surface area (Å²) >= 11 is 11.8. The Labute approximate surface area is 114 Å². The van der Waals surface area contributed by atoms with Gasteiger partial charge in [-0.25, -0.2) is 0 Å². The number of halogens is 2. The number of rotatable bonds is 2. The number of phenols is 1. The molecule has 18 heavy (non-hydrogen) atoms. The highest BCUT2D eigenvalue weighted by atomic mass is 35.5. The number of carbonyl (C=O) groups is 1. The number of aromatic hydroxyl groups is 1. The molecule has 0 unspecified atom stereocenters. The van der Waals surface area contributed by atoms with Crippen molar-refractivity contribution in [1.29, 1.82) is 0 Å². The van der Waals surface area contributed by atoms with Gasteiger partial charge in [0.25, 0.3) is 5.91 Å². The molecule has 0 heterocycles. The lowest BCUT2D eigenvalue weighted by Gasteiger charge is -2.08. The lowest BCUT2D eigenvalue weighted by molar-refractivity contribution is 0.102. The van der Waals surface area contributed by atoms with Crippen LogP contribution in [0.3, 0.4) is 0 Å². The van der Waals surface area contributed by atoms with Crippen LogP contribution in [0.5, 0.6) is 5.75 Å². The number of hydrogen-bond acceptors (Lipinski definition) is 2. The number of carbonyl (C=O) groups excluding carboxylic acids is 1. The number of hydrogen-bond donors (Lipinski definition) is 2. The van der Waals surface area contributed by atoms with Crippen LogP contribution in [-0.4, -0.2) is 11.0 Å². The Morgan fingerprint density at radius 2 is 1.72 bits per heavy atom. The Kier molecular flexibility index (Phi) is 3.75. The molecule has 2 aromatic rings. The topological polar surface area (TPSA) is 49.3 Å². The highest BCUT2D eigenvalue weighted by Crippen LogP contribution is 2.29. The van der Waals surface area contributed by atoms with Gasteiger partial charge in [0, 0.05) is 5.56 Å². The molecule has 0 saturated carbocycles. The molecule has 2 N–H and O–H groups in total. The second kappa shape index (κ2) is 5.29. The Balaban J connectivity index is 2.21. The largest absolute Gasteiger partial charge is 0.508 e. The Hall–Kier alpha value is -1.71. The lowest BCUT2D eigenvalue weighted by atomic mass is 10.2. The highest BCUT2D eigenvalue weighted by molar-refractivity contribution is 6.44. The van der Waals surface area contributed by atoms with Crippen LogP contribution in [0.15, 0.2) is 42.5 Å². The molecule has 5 heteroatoms. The summed E-state index contributed by atoms with van der Waals surface area (Å²) in [6.07, 6.45) is 0. The average Bonchev–Trinajstić information content (AvgIpc) is 2.36.